The van der Waals surface area contributed by atoms with Crippen LogP contribution in [0.25, 0.3) is 141 Å². The lowest BCUT2D eigenvalue weighted by Gasteiger charge is -2.12. The van der Waals surface area contributed by atoms with Gasteiger partial charge in [0, 0.05) is 86.0 Å². The minimum Gasteiger partial charge on any atom is -0.309 e. The van der Waals surface area contributed by atoms with Gasteiger partial charge in [0.05, 0.1) is 44.1 Å². The average Bonchev–Trinajstić information content (AvgIpc) is 4.23. The van der Waals surface area contributed by atoms with E-state index in [9.17, 15) is 0 Å². The van der Waals surface area contributed by atoms with Gasteiger partial charge in [-0.25, -0.2) is 0 Å². The van der Waals surface area contributed by atoms with E-state index in [1.54, 1.807) is 0 Å². The summed E-state index contributed by atoms with van der Waals surface area (Å²) in [6, 6.07) is 89.6. The highest BCUT2D eigenvalue weighted by Gasteiger charge is 2.21. The van der Waals surface area contributed by atoms with Crippen molar-refractivity contribution in [1.82, 2.24) is 18.3 Å². The third kappa shape index (κ3) is 5.49. The topological polar surface area (TPSA) is 19.7 Å². The molecule has 0 aliphatic rings. The first-order chi connectivity index (χ1) is 35.2. The van der Waals surface area contributed by atoms with Crippen molar-refractivity contribution in [3.63, 3.8) is 0 Å². The van der Waals surface area contributed by atoms with Crippen LogP contribution >= 0.6 is 11.3 Å². The van der Waals surface area contributed by atoms with Gasteiger partial charge in [0.15, 0.2) is 0 Å². The molecule has 0 spiro atoms. The fraction of sp³-hybridized carbons (Fsp3) is 0. The number of aromatic nitrogens is 4. The molecule has 330 valence electrons. The number of rotatable bonds is 5. The van der Waals surface area contributed by atoms with Gasteiger partial charge in [0.25, 0.3) is 0 Å². The first kappa shape index (κ1) is 38.8. The summed E-state index contributed by atoms with van der Waals surface area (Å²) in [6.45, 7) is 0. The van der Waals surface area contributed by atoms with E-state index < -0.39 is 0 Å². The smallest absolute Gasteiger partial charge is 0.0555 e. The number of fused-ring (bicyclic) bond motifs is 16. The molecule has 0 atom stereocenters. The van der Waals surface area contributed by atoms with Crippen LogP contribution in [0.4, 0.5) is 0 Å². The molecule has 0 saturated heterocycles. The lowest BCUT2D eigenvalue weighted by Crippen LogP contribution is -1.98. The Hall–Kier alpha value is -9.16. The number of hydrogen-bond donors (Lipinski definition) is 0. The molecule has 0 N–H and O–H groups in total. The molecule has 16 aromatic rings. The SMILES string of the molecule is c1ccc(-n2c3ccccc3c3cc(-c4ccc5c(c4)c4ccccc4n5-c4ccc5sc6c(ccc7c6c6ccccc6n7-c6cccc(-n7c8ccccc8c8ccccc87)c6)c5c4)ccc32)cc1. The zero-order valence-corrected chi connectivity index (χ0v) is 39.1. The molecule has 0 aliphatic carbocycles. The zero-order valence-electron chi connectivity index (χ0n) is 38.3. The van der Waals surface area contributed by atoms with Crippen LogP contribution in [0.2, 0.25) is 0 Å². The third-order valence-corrected chi connectivity index (χ3v) is 16.3. The summed E-state index contributed by atoms with van der Waals surface area (Å²) in [5.74, 6) is 0. The minimum absolute atomic E-state index is 1.14. The molecule has 0 radical (unpaired) electrons. The first-order valence-corrected chi connectivity index (χ1v) is 25.2. The van der Waals surface area contributed by atoms with Crippen molar-refractivity contribution in [2.45, 2.75) is 0 Å². The summed E-state index contributed by atoms with van der Waals surface area (Å²) in [4.78, 5) is 0. The van der Waals surface area contributed by atoms with Gasteiger partial charge in [0.1, 0.15) is 0 Å². The Kier molecular flexibility index (Phi) is 8.01. The molecule has 0 fully saturated rings. The van der Waals surface area contributed by atoms with Crippen LogP contribution in [0.3, 0.4) is 0 Å². The summed E-state index contributed by atoms with van der Waals surface area (Å²) in [6.07, 6.45) is 0. The second-order valence-corrected chi connectivity index (χ2v) is 19.9. The van der Waals surface area contributed by atoms with E-state index in [1.165, 1.54) is 124 Å². The number of thiophene rings is 1. The van der Waals surface area contributed by atoms with Crippen LogP contribution < -0.4 is 0 Å². The lowest BCUT2D eigenvalue weighted by atomic mass is 10.0. The molecule has 16 rings (SSSR count). The molecule has 71 heavy (non-hydrogen) atoms. The Morgan fingerprint density at radius 2 is 0.634 bits per heavy atom. The molecule has 0 bridgehead atoms. The van der Waals surface area contributed by atoms with Crippen molar-refractivity contribution in [3.8, 4) is 33.9 Å². The quantitative estimate of drug-likeness (QED) is 0.164. The summed E-state index contributed by atoms with van der Waals surface area (Å²) >= 11 is 1.90. The molecule has 0 aliphatic heterocycles. The van der Waals surface area contributed by atoms with E-state index in [2.05, 4.69) is 261 Å². The lowest BCUT2D eigenvalue weighted by molar-refractivity contribution is 1.13. The largest absolute Gasteiger partial charge is 0.309 e. The van der Waals surface area contributed by atoms with Crippen LogP contribution in [0, 0.1) is 0 Å². The second-order valence-electron chi connectivity index (χ2n) is 18.9. The van der Waals surface area contributed by atoms with Gasteiger partial charge in [-0.2, -0.15) is 0 Å². The van der Waals surface area contributed by atoms with Gasteiger partial charge in [0.2, 0.25) is 0 Å². The predicted molar refractivity (Wildman–Crippen MR) is 302 cm³/mol. The normalized spacial score (nSPS) is 12.2. The maximum Gasteiger partial charge on any atom is 0.0555 e. The summed E-state index contributed by atoms with van der Waals surface area (Å²) < 4.78 is 12.3. The van der Waals surface area contributed by atoms with Crippen molar-refractivity contribution >= 4 is 119 Å². The third-order valence-electron chi connectivity index (χ3n) is 15.1. The molecular weight excluding hydrogens is 881 g/mol. The van der Waals surface area contributed by atoms with Crippen molar-refractivity contribution in [3.05, 3.63) is 243 Å². The minimum atomic E-state index is 1.14. The molecule has 0 saturated carbocycles. The fourth-order valence-corrected chi connectivity index (χ4v) is 13.3. The van der Waals surface area contributed by atoms with Gasteiger partial charge in [-0.05, 0) is 120 Å². The Morgan fingerprint density at radius 3 is 1.20 bits per heavy atom. The van der Waals surface area contributed by atoms with E-state index in [1.807, 2.05) is 11.3 Å². The monoisotopic (exact) mass is 920 g/mol. The van der Waals surface area contributed by atoms with Gasteiger partial charge in [-0.15, -0.1) is 11.3 Å². The molecule has 4 nitrogen and oxygen atoms in total. The summed E-state index contributed by atoms with van der Waals surface area (Å²) in [5.41, 5.74) is 16.7. The predicted octanol–water partition coefficient (Wildman–Crippen LogP) is 18.1. The van der Waals surface area contributed by atoms with E-state index >= 15 is 0 Å². The Morgan fingerprint density at radius 1 is 0.225 bits per heavy atom. The molecule has 5 heteroatoms. The summed E-state index contributed by atoms with van der Waals surface area (Å²) in [5, 5.41) is 12.7. The number of nitrogens with zero attached hydrogens (tertiary/aromatic N) is 4. The van der Waals surface area contributed by atoms with E-state index in [0.29, 0.717) is 0 Å². The van der Waals surface area contributed by atoms with Crippen molar-refractivity contribution in [1.29, 1.82) is 0 Å². The molecule has 0 amide bonds. The molecule has 0 unspecified atom stereocenters. The van der Waals surface area contributed by atoms with Crippen molar-refractivity contribution < 1.29 is 0 Å². The maximum atomic E-state index is 2.46. The van der Waals surface area contributed by atoms with Crippen LogP contribution in [0.5, 0.6) is 0 Å². The van der Waals surface area contributed by atoms with Crippen molar-refractivity contribution in [2.24, 2.45) is 0 Å². The van der Waals surface area contributed by atoms with Crippen LogP contribution in [-0.4, -0.2) is 18.3 Å². The van der Waals surface area contributed by atoms with Gasteiger partial charge >= 0.3 is 0 Å². The molecule has 11 aromatic carbocycles. The zero-order chi connectivity index (χ0) is 46.3. The van der Waals surface area contributed by atoms with E-state index in [-0.39, 0.29) is 0 Å². The van der Waals surface area contributed by atoms with Gasteiger partial charge in [-0.1, -0.05) is 133 Å². The summed E-state index contributed by atoms with van der Waals surface area (Å²) in [7, 11) is 0. The Balaban J connectivity index is 0.838. The molecular formula is C66H40N4S. The van der Waals surface area contributed by atoms with Crippen molar-refractivity contribution in [2.75, 3.05) is 0 Å². The highest BCUT2D eigenvalue weighted by Crippen LogP contribution is 2.45. The standard InChI is InChI=1S/C66H40N4S/c1-2-15-43(16-3-1)67-58-26-11-6-21-49(58)53-37-41(29-33-61(53)67)42-30-34-62-54(38-42)50-22-7-12-27-59(50)69(62)46-31-36-64-55(40-46)51-32-35-63-65(66(51)71-64)52-23-8-13-28-60(52)70(63)45-18-14-17-44(39-45)68-56-24-9-4-19-47(56)48-20-5-10-25-57(48)68/h1-40H. The first-order valence-electron chi connectivity index (χ1n) is 24.3. The second kappa shape index (κ2) is 14.7. The fourth-order valence-electron chi connectivity index (χ4n) is 12.1. The number of para-hydroxylation sites is 6. The van der Waals surface area contributed by atoms with Gasteiger partial charge < -0.3 is 18.3 Å². The van der Waals surface area contributed by atoms with E-state index in [4.69, 9.17) is 0 Å². The maximum absolute atomic E-state index is 2.46. The Labute approximate surface area is 411 Å². The number of benzene rings is 11. The molecule has 5 heterocycles. The highest BCUT2D eigenvalue weighted by molar-refractivity contribution is 7.26. The van der Waals surface area contributed by atoms with Crippen LogP contribution in [0.1, 0.15) is 0 Å². The Bertz CT molecular complexity index is 4830. The number of hydrogen-bond acceptors (Lipinski definition) is 1. The molecule has 5 aromatic heterocycles. The average molecular weight is 921 g/mol. The van der Waals surface area contributed by atoms with Gasteiger partial charge in [-0.3, -0.25) is 0 Å². The van der Waals surface area contributed by atoms with Crippen LogP contribution in [0.15, 0.2) is 243 Å². The highest BCUT2D eigenvalue weighted by atomic mass is 32.1. The van der Waals surface area contributed by atoms with Crippen LogP contribution in [-0.2, 0) is 0 Å². The van der Waals surface area contributed by atoms with E-state index in [0.717, 1.165) is 17.1 Å².